The highest BCUT2D eigenvalue weighted by molar-refractivity contribution is 5.78. The van der Waals surface area contributed by atoms with Gasteiger partial charge in [-0.05, 0) is 26.0 Å². The van der Waals surface area contributed by atoms with E-state index >= 15 is 0 Å². The summed E-state index contributed by atoms with van der Waals surface area (Å²) < 4.78 is 20.4. The van der Waals surface area contributed by atoms with Gasteiger partial charge in [0.05, 0.1) is 12.7 Å². The first-order chi connectivity index (χ1) is 11.9. The Labute approximate surface area is 145 Å². The second kappa shape index (κ2) is 6.79. The van der Waals surface area contributed by atoms with Crippen LogP contribution >= 0.6 is 0 Å². The lowest BCUT2D eigenvalue weighted by Gasteiger charge is -2.21. The molecular formula is C17H21FN4O3. The van der Waals surface area contributed by atoms with Crippen LogP contribution < -0.4 is 4.74 Å². The summed E-state index contributed by atoms with van der Waals surface area (Å²) >= 11 is 0. The van der Waals surface area contributed by atoms with Crippen molar-refractivity contribution in [3.05, 3.63) is 42.0 Å². The van der Waals surface area contributed by atoms with Crippen molar-refractivity contribution >= 4 is 5.91 Å². The van der Waals surface area contributed by atoms with Crippen molar-refractivity contribution < 1.29 is 19.0 Å². The molecule has 1 aromatic heterocycles. The van der Waals surface area contributed by atoms with Crippen molar-refractivity contribution in [3.8, 4) is 5.75 Å². The molecule has 0 unspecified atom stereocenters. The van der Waals surface area contributed by atoms with Gasteiger partial charge in [0, 0.05) is 19.0 Å². The van der Waals surface area contributed by atoms with Gasteiger partial charge in [-0.25, -0.2) is 9.07 Å². The molecule has 0 aliphatic carbocycles. The fraction of sp³-hybridized carbons (Fsp3) is 0.471. The third-order valence-corrected chi connectivity index (χ3v) is 4.30. The summed E-state index contributed by atoms with van der Waals surface area (Å²) in [6.07, 6.45) is 2.07. The zero-order chi connectivity index (χ0) is 18.0. The second-order valence-electron chi connectivity index (χ2n) is 6.49. The van der Waals surface area contributed by atoms with Gasteiger partial charge in [0.15, 0.2) is 18.2 Å². The normalized spacial score (nSPS) is 20.3. The standard InChI is InChI=1S/C17H21FN4O3/c1-12(2)22-9-15(19-20-22)17(24)7-8-21(11-17)16(23)10-25-14-6-4-3-5-13(14)18/h3-6,9,12,24H,7-8,10-11H2,1-2H3/t17-/m1/s1. The molecule has 1 N–H and O–H groups in total. The monoisotopic (exact) mass is 348 g/mol. The average molecular weight is 348 g/mol. The smallest absolute Gasteiger partial charge is 0.260 e. The molecule has 1 fully saturated rings. The second-order valence-corrected chi connectivity index (χ2v) is 6.49. The lowest BCUT2D eigenvalue weighted by atomic mass is 10.00. The summed E-state index contributed by atoms with van der Waals surface area (Å²) in [6, 6.07) is 6.06. The first-order valence-corrected chi connectivity index (χ1v) is 8.19. The summed E-state index contributed by atoms with van der Waals surface area (Å²) in [7, 11) is 0. The molecule has 3 rings (SSSR count). The number of benzene rings is 1. The summed E-state index contributed by atoms with van der Waals surface area (Å²) in [5.74, 6) is -0.792. The Hall–Kier alpha value is -2.48. The molecule has 8 heteroatoms. The molecule has 0 saturated carbocycles. The van der Waals surface area contributed by atoms with E-state index in [1.165, 1.54) is 17.0 Å². The number of β-amino-alcohol motifs (C(OH)–C–C–N with tert-alkyl or cyclic N) is 1. The summed E-state index contributed by atoms with van der Waals surface area (Å²) in [5, 5.41) is 18.8. The molecule has 2 heterocycles. The van der Waals surface area contributed by atoms with Crippen LogP contribution in [0, 0.1) is 5.82 Å². The molecule has 1 atom stereocenters. The van der Waals surface area contributed by atoms with Gasteiger partial charge in [-0.2, -0.15) is 0 Å². The van der Waals surface area contributed by atoms with Gasteiger partial charge in [0.25, 0.3) is 5.91 Å². The summed E-state index contributed by atoms with van der Waals surface area (Å²) in [5.41, 5.74) is -0.771. The molecule has 1 aromatic carbocycles. The highest BCUT2D eigenvalue weighted by Crippen LogP contribution is 2.31. The quantitative estimate of drug-likeness (QED) is 0.886. The number of hydrogen-bond acceptors (Lipinski definition) is 5. The van der Waals surface area contributed by atoms with Crippen molar-refractivity contribution in [2.45, 2.75) is 31.9 Å². The van der Waals surface area contributed by atoms with Gasteiger partial charge in [-0.3, -0.25) is 4.79 Å². The molecule has 1 aliphatic rings. The molecule has 25 heavy (non-hydrogen) atoms. The number of amides is 1. The molecule has 2 aromatic rings. The molecule has 1 aliphatic heterocycles. The molecule has 1 saturated heterocycles. The maximum Gasteiger partial charge on any atom is 0.260 e. The number of carbonyl (C=O) groups is 1. The van der Waals surface area contributed by atoms with Crippen molar-refractivity contribution in [2.75, 3.05) is 19.7 Å². The van der Waals surface area contributed by atoms with Crippen LogP contribution in [0.2, 0.25) is 0 Å². The number of rotatable bonds is 5. The van der Waals surface area contributed by atoms with Crippen LogP contribution in [0.4, 0.5) is 4.39 Å². The fourth-order valence-electron chi connectivity index (χ4n) is 2.75. The number of carbonyl (C=O) groups excluding carboxylic acids is 1. The van der Waals surface area contributed by atoms with Gasteiger partial charge in [0.1, 0.15) is 11.3 Å². The van der Waals surface area contributed by atoms with E-state index in [1.807, 2.05) is 13.8 Å². The van der Waals surface area contributed by atoms with Crippen molar-refractivity contribution in [1.29, 1.82) is 0 Å². The number of aromatic nitrogens is 3. The third kappa shape index (κ3) is 3.63. The highest BCUT2D eigenvalue weighted by Gasteiger charge is 2.42. The van der Waals surface area contributed by atoms with Gasteiger partial charge in [-0.15, -0.1) is 5.10 Å². The van der Waals surface area contributed by atoms with Crippen LogP contribution in [0.3, 0.4) is 0 Å². The molecule has 0 spiro atoms. The number of hydrogen-bond donors (Lipinski definition) is 1. The maximum absolute atomic E-state index is 13.5. The Kier molecular flexibility index (Phi) is 4.71. The van der Waals surface area contributed by atoms with Gasteiger partial charge >= 0.3 is 0 Å². The minimum Gasteiger partial charge on any atom is -0.481 e. The number of nitrogens with zero attached hydrogens (tertiary/aromatic N) is 4. The van der Waals surface area contributed by atoms with Crippen molar-refractivity contribution in [1.82, 2.24) is 19.9 Å². The Morgan fingerprint density at radius 1 is 1.44 bits per heavy atom. The van der Waals surface area contributed by atoms with E-state index in [0.29, 0.717) is 18.7 Å². The van der Waals surface area contributed by atoms with E-state index in [1.54, 1.807) is 23.0 Å². The van der Waals surface area contributed by atoms with Crippen LogP contribution in [-0.2, 0) is 10.4 Å². The predicted octanol–water partition coefficient (Wildman–Crippen LogP) is 1.50. The topological polar surface area (TPSA) is 80.5 Å². The van der Waals surface area contributed by atoms with Crippen molar-refractivity contribution in [2.24, 2.45) is 0 Å². The van der Waals surface area contributed by atoms with Crippen molar-refractivity contribution in [3.63, 3.8) is 0 Å². The minimum absolute atomic E-state index is 0.0326. The lowest BCUT2D eigenvalue weighted by Crippen LogP contribution is -2.37. The number of para-hydroxylation sites is 1. The fourth-order valence-corrected chi connectivity index (χ4v) is 2.75. The van der Waals surface area contributed by atoms with Crippen LogP contribution in [0.15, 0.2) is 30.5 Å². The van der Waals surface area contributed by atoms with E-state index in [0.717, 1.165) is 0 Å². The SMILES string of the molecule is CC(C)n1cc([C@@]2(O)CCN(C(=O)COc3ccccc3F)C2)nn1. The van der Waals surface area contributed by atoms with Gasteiger partial charge < -0.3 is 14.7 Å². The predicted molar refractivity (Wildman–Crippen MR) is 87.4 cm³/mol. The zero-order valence-corrected chi connectivity index (χ0v) is 14.2. The van der Waals surface area contributed by atoms with Crippen LogP contribution in [0.25, 0.3) is 0 Å². The zero-order valence-electron chi connectivity index (χ0n) is 14.2. The molecule has 134 valence electrons. The van der Waals surface area contributed by atoms with E-state index in [4.69, 9.17) is 4.74 Å². The van der Waals surface area contributed by atoms with Gasteiger partial charge in [-0.1, -0.05) is 17.3 Å². The summed E-state index contributed by atoms with van der Waals surface area (Å²) in [6.45, 7) is 4.14. The van der Waals surface area contributed by atoms with Crippen LogP contribution in [0.1, 0.15) is 32.0 Å². The van der Waals surface area contributed by atoms with E-state index < -0.39 is 11.4 Å². The Morgan fingerprint density at radius 2 is 2.20 bits per heavy atom. The molecule has 0 radical (unpaired) electrons. The lowest BCUT2D eigenvalue weighted by molar-refractivity contribution is -0.133. The third-order valence-electron chi connectivity index (χ3n) is 4.30. The molecular weight excluding hydrogens is 327 g/mol. The number of likely N-dealkylation sites (tertiary alicyclic amines) is 1. The largest absolute Gasteiger partial charge is 0.481 e. The van der Waals surface area contributed by atoms with E-state index in [9.17, 15) is 14.3 Å². The number of halogens is 1. The highest BCUT2D eigenvalue weighted by atomic mass is 19.1. The minimum atomic E-state index is -1.22. The molecule has 0 bridgehead atoms. The number of aliphatic hydroxyl groups is 1. The first-order valence-electron chi connectivity index (χ1n) is 8.19. The van der Waals surface area contributed by atoms with E-state index in [-0.39, 0.29) is 30.9 Å². The molecule has 7 nitrogen and oxygen atoms in total. The number of ether oxygens (including phenoxy) is 1. The average Bonchev–Trinajstić information content (AvgIpc) is 3.22. The van der Waals surface area contributed by atoms with E-state index in [2.05, 4.69) is 10.3 Å². The van der Waals surface area contributed by atoms with Crippen LogP contribution in [-0.4, -0.2) is 50.6 Å². The first kappa shape index (κ1) is 17.3. The Balaban J connectivity index is 1.61. The van der Waals surface area contributed by atoms with Crippen LogP contribution in [0.5, 0.6) is 5.75 Å². The maximum atomic E-state index is 13.5. The Morgan fingerprint density at radius 3 is 2.88 bits per heavy atom. The summed E-state index contributed by atoms with van der Waals surface area (Å²) in [4.78, 5) is 13.8. The Bertz CT molecular complexity index is 764. The molecule has 1 amide bonds. The van der Waals surface area contributed by atoms with Gasteiger partial charge in [0.2, 0.25) is 0 Å².